The fourth-order valence-electron chi connectivity index (χ4n) is 2.67. The fourth-order valence-corrected chi connectivity index (χ4v) is 3.93. The van der Waals surface area contributed by atoms with Crippen molar-refractivity contribution in [3.05, 3.63) is 26.6 Å². The largest absolute Gasteiger partial charge is 0.506 e. The molecule has 1 N–H and O–H groups in total. The van der Waals surface area contributed by atoms with E-state index >= 15 is 0 Å². The molecule has 1 aromatic rings. The minimum Gasteiger partial charge on any atom is -0.506 e. The summed E-state index contributed by atoms with van der Waals surface area (Å²) < 4.78 is 18.7. The van der Waals surface area contributed by atoms with E-state index < -0.39 is 24.1 Å². The average molecular weight is 478 g/mol. The van der Waals surface area contributed by atoms with Crippen molar-refractivity contribution in [3.63, 3.8) is 0 Å². The zero-order valence-electron chi connectivity index (χ0n) is 15.1. The van der Waals surface area contributed by atoms with Crippen LogP contribution in [0.4, 0.5) is 0 Å². The summed E-state index contributed by atoms with van der Waals surface area (Å²) in [5.41, 5.74) is -0.514. The molecule has 1 saturated heterocycles. The number of phenolic OH excluding ortho intramolecular Hbond substituents is 1. The van der Waals surface area contributed by atoms with Crippen LogP contribution < -0.4 is 0 Å². The van der Waals surface area contributed by atoms with Crippen LogP contribution in [0.25, 0.3) is 0 Å². The normalized spacial score (nSPS) is 19.7. The Morgan fingerprint density at radius 2 is 1.80 bits per heavy atom. The van der Waals surface area contributed by atoms with E-state index in [0.29, 0.717) is 16.6 Å². The zero-order valence-corrected chi connectivity index (χ0v) is 18.2. The van der Waals surface area contributed by atoms with Crippen molar-refractivity contribution in [2.24, 2.45) is 0 Å². The van der Waals surface area contributed by atoms with Crippen molar-refractivity contribution in [2.45, 2.75) is 58.1 Å². The molecule has 0 amide bonds. The van der Waals surface area contributed by atoms with Crippen molar-refractivity contribution in [1.29, 1.82) is 0 Å². The van der Waals surface area contributed by atoms with Gasteiger partial charge in [-0.25, -0.2) is 0 Å². The molecule has 1 aliphatic heterocycles. The van der Waals surface area contributed by atoms with E-state index in [9.17, 15) is 9.90 Å². The number of hydrogen-bond donors (Lipinski definition) is 1. The SMILES string of the molecule is CCOC(=O)CC(B1OC(C)(C)C(C)(C)O1)c1cc(Br)cc(Br)c1O. The van der Waals surface area contributed by atoms with Crippen LogP contribution in [-0.2, 0) is 18.8 Å². The van der Waals surface area contributed by atoms with Gasteiger partial charge in [-0.05, 0) is 68.2 Å². The number of benzene rings is 1. The van der Waals surface area contributed by atoms with Crippen LogP contribution in [0.1, 0.15) is 52.4 Å². The Morgan fingerprint density at radius 3 is 2.32 bits per heavy atom. The molecule has 0 aromatic heterocycles. The lowest BCUT2D eigenvalue weighted by Gasteiger charge is -2.32. The molecular weight excluding hydrogens is 455 g/mol. The summed E-state index contributed by atoms with van der Waals surface area (Å²) in [6.07, 6.45) is 0.0428. The summed E-state index contributed by atoms with van der Waals surface area (Å²) >= 11 is 6.76. The second-order valence-electron chi connectivity index (χ2n) is 7.07. The first-order valence-electron chi connectivity index (χ1n) is 8.17. The van der Waals surface area contributed by atoms with Gasteiger partial charge in [0.1, 0.15) is 5.75 Å². The molecular formula is C17H23BBr2O5. The van der Waals surface area contributed by atoms with Gasteiger partial charge in [0, 0.05) is 10.3 Å². The molecule has 1 heterocycles. The second kappa shape index (κ2) is 7.58. The first-order valence-corrected chi connectivity index (χ1v) is 9.76. The molecule has 0 radical (unpaired) electrons. The monoisotopic (exact) mass is 476 g/mol. The molecule has 0 aliphatic carbocycles. The maximum Gasteiger partial charge on any atom is 0.466 e. The summed E-state index contributed by atoms with van der Waals surface area (Å²) in [7, 11) is -0.679. The fraction of sp³-hybridized carbons (Fsp3) is 0.588. The summed E-state index contributed by atoms with van der Waals surface area (Å²) in [5.74, 6) is -0.807. The van der Waals surface area contributed by atoms with Gasteiger partial charge >= 0.3 is 13.1 Å². The van der Waals surface area contributed by atoms with Crippen molar-refractivity contribution in [1.82, 2.24) is 0 Å². The Bertz CT molecular complexity index is 647. The highest BCUT2D eigenvalue weighted by Crippen LogP contribution is 2.45. The number of phenols is 1. The highest BCUT2D eigenvalue weighted by molar-refractivity contribution is 9.11. The number of esters is 1. The predicted molar refractivity (Wildman–Crippen MR) is 104 cm³/mol. The molecule has 8 heteroatoms. The summed E-state index contributed by atoms with van der Waals surface area (Å²) in [4.78, 5) is 12.1. The maximum absolute atomic E-state index is 12.1. The summed E-state index contributed by atoms with van der Waals surface area (Å²) in [6.45, 7) is 9.85. The number of ether oxygens (including phenoxy) is 1. The lowest BCUT2D eigenvalue weighted by atomic mass is 9.66. The van der Waals surface area contributed by atoms with E-state index in [1.54, 1.807) is 19.1 Å². The molecule has 1 unspecified atom stereocenters. The van der Waals surface area contributed by atoms with Gasteiger partial charge in [0.2, 0.25) is 0 Å². The van der Waals surface area contributed by atoms with Gasteiger partial charge in [-0.2, -0.15) is 0 Å². The molecule has 1 atom stereocenters. The molecule has 2 rings (SSSR count). The van der Waals surface area contributed by atoms with Crippen molar-refractivity contribution >= 4 is 44.9 Å². The maximum atomic E-state index is 12.1. The van der Waals surface area contributed by atoms with Crippen LogP contribution in [-0.4, -0.2) is 36.0 Å². The first kappa shape index (κ1) is 20.7. The van der Waals surface area contributed by atoms with E-state index in [0.717, 1.165) is 4.47 Å². The van der Waals surface area contributed by atoms with Crippen LogP contribution in [0.5, 0.6) is 5.75 Å². The quantitative estimate of drug-likeness (QED) is 0.496. The van der Waals surface area contributed by atoms with Crippen LogP contribution in [0.15, 0.2) is 21.1 Å². The highest BCUT2D eigenvalue weighted by Gasteiger charge is 2.54. The van der Waals surface area contributed by atoms with Gasteiger partial charge in [-0.1, -0.05) is 15.9 Å². The van der Waals surface area contributed by atoms with Gasteiger partial charge in [-0.15, -0.1) is 0 Å². The van der Waals surface area contributed by atoms with Crippen LogP contribution in [0.2, 0.25) is 0 Å². The smallest absolute Gasteiger partial charge is 0.466 e. The van der Waals surface area contributed by atoms with Crippen molar-refractivity contribution in [3.8, 4) is 5.75 Å². The molecule has 1 fully saturated rings. The Kier molecular flexibility index (Phi) is 6.29. The van der Waals surface area contributed by atoms with E-state index in [4.69, 9.17) is 14.0 Å². The Morgan fingerprint density at radius 1 is 1.24 bits per heavy atom. The lowest BCUT2D eigenvalue weighted by molar-refractivity contribution is -0.143. The van der Waals surface area contributed by atoms with Crippen LogP contribution >= 0.6 is 31.9 Å². The number of aromatic hydroxyl groups is 1. The van der Waals surface area contributed by atoms with E-state index in [1.165, 1.54) is 0 Å². The second-order valence-corrected chi connectivity index (χ2v) is 8.84. The Balaban J connectivity index is 2.43. The third-order valence-corrected chi connectivity index (χ3v) is 5.81. The van der Waals surface area contributed by atoms with Crippen molar-refractivity contribution < 1.29 is 23.9 Å². The molecule has 0 saturated carbocycles. The standard InChI is InChI=1S/C17H23BBr2O5/c1-6-23-14(21)9-12(11-7-10(19)8-13(20)15(11)22)18-24-16(2,3)17(4,5)25-18/h7-8,12,22H,6,9H2,1-5H3. The number of carbonyl (C=O) groups excluding carboxylic acids is 1. The lowest BCUT2D eigenvalue weighted by Crippen LogP contribution is -2.41. The Labute approximate surface area is 165 Å². The van der Waals surface area contributed by atoms with Crippen LogP contribution in [0, 0.1) is 0 Å². The summed E-state index contributed by atoms with van der Waals surface area (Å²) in [5, 5.41) is 10.5. The molecule has 1 aliphatic rings. The van der Waals surface area contributed by atoms with E-state index in [1.807, 2.05) is 27.7 Å². The van der Waals surface area contributed by atoms with E-state index in [2.05, 4.69) is 31.9 Å². The molecule has 138 valence electrons. The topological polar surface area (TPSA) is 65.0 Å². The van der Waals surface area contributed by atoms with Gasteiger partial charge in [0.15, 0.2) is 0 Å². The van der Waals surface area contributed by atoms with Crippen LogP contribution in [0.3, 0.4) is 0 Å². The molecule has 0 spiro atoms. The third-order valence-electron chi connectivity index (χ3n) is 4.75. The molecule has 1 aromatic carbocycles. The predicted octanol–water partition coefficient (Wildman–Crippen LogP) is 4.59. The van der Waals surface area contributed by atoms with Gasteiger partial charge < -0.3 is 19.2 Å². The number of hydrogen-bond acceptors (Lipinski definition) is 5. The number of rotatable bonds is 5. The molecule has 0 bridgehead atoms. The van der Waals surface area contributed by atoms with Gasteiger partial charge in [-0.3, -0.25) is 4.79 Å². The number of carbonyl (C=O) groups is 1. The van der Waals surface area contributed by atoms with E-state index in [-0.39, 0.29) is 18.1 Å². The first-order chi connectivity index (χ1) is 11.5. The number of halogens is 2. The average Bonchev–Trinajstić information content (AvgIpc) is 2.69. The van der Waals surface area contributed by atoms with Gasteiger partial charge in [0.25, 0.3) is 0 Å². The highest BCUT2D eigenvalue weighted by atomic mass is 79.9. The minimum atomic E-state index is -0.679. The molecule has 25 heavy (non-hydrogen) atoms. The Hall–Kier alpha value is -0.565. The van der Waals surface area contributed by atoms with Crippen molar-refractivity contribution in [2.75, 3.05) is 6.61 Å². The summed E-state index contributed by atoms with van der Waals surface area (Å²) in [6, 6.07) is 3.51. The minimum absolute atomic E-state index is 0.0428. The zero-order chi connectivity index (χ0) is 19.0. The third kappa shape index (κ3) is 4.41. The van der Waals surface area contributed by atoms with Gasteiger partial charge in [0.05, 0.1) is 28.7 Å². The molecule has 5 nitrogen and oxygen atoms in total.